The second-order valence-corrected chi connectivity index (χ2v) is 7.76. The molecule has 0 spiro atoms. The van der Waals surface area contributed by atoms with Gasteiger partial charge in [0.1, 0.15) is 5.75 Å². The van der Waals surface area contributed by atoms with Gasteiger partial charge in [0, 0.05) is 28.9 Å². The van der Waals surface area contributed by atoms with E-state index < -0.39 is 0 Å². The van der Waals surface area contributed by atoms with Crippen LogP contribution in [0, 0.1) is 5.92 Å². The van der Waals surface area contributed by atoms with Crippen LogP contribution in [0.1, 0.15) is 23.4 Å². The zero-order chi connectivity index (χ0) is 13.9. The molecule has 2 nitrogen and oxygen atoms in total. The van der Waals surface area contributed by atoms with Crippen LogP contribution in [0.15, 0.2) is 40.2 Å². The maximum Gasteiger partial charge on any atom is 0.124 e. The third kappa shape index (κ3) is 3.08. The van der Waals surface area contributed by atoms with Crippen LogP contribution in [-0.2, 0) is 6.42 Å². The predicted molar refractivity (Wildman–Crippen MR) is 87.6 cm³/mol. The molecule has 0 amide bonds. The molecule has 4 heteroatoms. The summed E-state index contributed by atoms with van der Waals surface area (Å²) in [6.07, 6.45) is 1.07. The number of nitrogens with one attached hydrogen (secondary N) is 1. The van der Waals surface area contributed by atoms with Crippen molar-refractivity contribution in [1.82, 2.24) is 5.32 Å². The summed E-state index contributed by atoms with van der Waals surface area (Å²) in [5.41, 5.74) is 1.29. The van der Waals surface area contributed by atoms with Crippen LogP contribution in [0.5, 0.6) is 5.75 Å². The number of rotatable bonds is 4. The highest BCUT2D eigenvalue weighted by atomic mass is 79.9. The van der Waals surface area contributed by atoms with Crippen LogP contribution >= 0.6 is 27.3 Å². The standard InChI is InChI=1S/C16H18BrNOS/c1-11-10-19-14-5-3-2-4-13(14)16(11)18-9-8-12-6-7-15(17)20-12/h2-7,11,16,18H,8-10H2,1H3. The molecule has 0 aliphatic carbocycles. The van der Waals surface area contributed by atoms with E-state index in [2.05, 4.69) is 58.5 Å². The molecule has 1 aromatic heterocycles. The van der Waals surface area contributed by atoms with E-state index in [9.17, 15) is 0 Å². The molecule has 0 radical (unpaired) electrons. The minimum absolute atomic E-state index is 0.392. The number of ether oxygens (including phenoxy) is 1. The number of benzene rings is 1. The van der Waals surface area contributed by atoms with Gasteiger partial charge in [-0.15, -0.1) is 11.3 Å². The van der Waals surface area contributed by atoms with Crippen LogP contribution < -0.4 is 10.1 Å². The Balaban J connectivity index is 1.64. The second kappa shape index (κ2) is 6.29. The molecular formula is C16H18BrNOS. The largest absolute Gasteiger partial charge is 0.493 e. The number of thiophene rings is 1. The fraction of sp³-hybridized carbons (Fsp3) is 0.375. The summed E-state index contributed by atoms with van der Waals surface area (Å²) >= 11 is 5.33. The molecular weight excluding hydrogens is 334 g/mol. The van der Waals surface area contributed by atoms with Crippen LogP contribution in [0.4, 0.5) is 0 Å². The van der Waals surface area contributed by atoms with Gasteiger partial charge in [-0.05, 0) is 40.5 Å². The lowest BCUT2D eigenvalue weighted by Crippen LogP contribution is -2.34. The molecule has 1 aromatic carbocycles. The van der Waals surface area contributed by atoms with Crippen molar-refractivity contribution in [1.29, 1.82) is 0 Å². The third-order valence-corrected chi connectivity index (χ3v) is 5.37. The number of halogens is 1. The number of hydrogen-bond acceptors (Lipinski definition) is 3. The molecule has 1 aliphatic heterocycles. The summed E-state index contributed by atoms with van der Waals surface area (Å²) in [6.45, 7) is 4.03. The van der Waals surface area contributed by atoms with Gasteiger partial charge in [0.2, 0.25) is 0 Å². The molecule has 2 heterocycles. The van der Waals surface area contributed by atoms with Crippen molar-refractivity contribution in [2.75, 3.05) is 13.2 Å². The van der Waals surface area contributed by atoms with E-state index in [1.54, 1.807) is 0 Å². The lowest BCUT2D eigenvalue weighted by atomic mass is 9.92. The Bertz CT molecular complexity index is 583. The van der Waals surface area contributed by atoms with Crippen molar-refractivity contribution >= 4 is 27.3 Å². The molecule has 0 fully saturated rings. The molecule has 3 rings (SSSR count). The Kier molecular flexibility index (Phi) is 4.44. The fourth-order valence-corrected chi connectivity index (χ4v) is 4.12. The van der Waals surface area contributed by atoms with Crippen molar-refractivity contribution in [3.8, 4) is 5.75 Å². The normalized spacial score (nSPS) is 21.3. The maximum absolute atomic E-state index is 5.79. The highest BCUT2D eigenvalue weighted by molar-refractivity contribution is 9.11. The van der Waals surface area contributed by atoms with Crippen molar-refractivity contribution in [2.45, 2.75) is 19.4 Å². The summed E-state index contributed by atoms with van der Waals surface area (Å²) in [6, 6.07) is 13.1. The zero-order valence-corrected chi connectivity index (χ0v) is 13.8. The average molecular weight is 352 g/mol. The van der Waals surface area contributed by atoms with E-state index in [0.717, 1.165) is 25.3 Å². The second-order valence-electron chi connectivity index (χ2n) is 5.21. The topological polar surface area (TPSA) is 21.3 Å². The molecule has 2 atom stereocenters. The first-order valence-electron chi connectivity index (χ1n) is 6.93. The first-order chi connectivity index (χ1) is 9.74. The number of fused-ring (bicyclic) bond motifs is 1. The summed E-state index contributed by atoms with van der Waals surface area (Å²) in [5, 5.41) is 3.70. The third-order valence-electron chi connectivity index (χ3n) is 3.69. The molecule has 106 valence electrons. The van der Waals surface area contributed by atoms with Crippen LogP contribution in [0.25, 0.3) is 0 Å². The van der Waals surface area contributed by atoms with Gasteiger partial charge in [-0.1, -0.05) is 25.1 Å². The van der Waals surface area contributed by atoms with Gasteiger partial charge < -0.3 is 10.1 Å². The monoisotopic (exact) mass is 351 g/mol. The maximum atomic E-state index is 5.79. The molecule has 0 bridgehead atoms. The Morgan fingerprint density at radius 3 is 2.95 bits per heavy atom. The van der Waals surface area contributed by atoms with Gasteiger partial charge >= 0.3 is 0 Å². The molecule has 20 heavy (non-hydrogen) atoms. The molecule has 0 saturated carbocycles. The van der Waals surface area contributed by atoms with Gasteiger partial charge in [0.25, 0.3) is 0 Å². The molecule has 1 aliphatic rings. The van der Waals surface area contributed by atoms with Gasteiger partial charge in [-0.3, -0.25) is 0 Å². The lowest BCUT2D eigenvalue weighted by Gasteiger charge is -2.32. The zero-order valence-electron chi connectivity index (χ0n) is 11.4. The van der Waals surface area contributed by atoms with Crippen molar-refractivity contribution in [3.63, 3.8) is 0 Å². The molecule has 0 saturated heterocycles. The molecule has 2 unspecified atom stereocenters. The first-order valence-corrected chi connectivity index (χ1v) is 8.54. The summed E-state index contributed by atoms with van der Waals surface area (Å²) < 4.78 is 7.00. The Morgan fingerprint density at radius 2 is 2.15 bits per heavy atom. The Morgan fingerprint density at radius 1 is 1.30 bits per heavy atom. The van der Waals surface area contributed by atoms with Crippen molar-refractivity contribution in [3.05, 3.63) is 50.6 Å². The van der Waals surface area contributed by atoms with Gasteiger partial charge in [0.05, 0.1) is 10.4 Å². The highest BCUT2D eigenvalue weighted by Gasteiger charge is 2.26. The SMILES string of the molecule is CC1COc2ccccc2C1NCCc1ccc(Br)s1. The average Bonchev–Trinajstić information content (AvgIpc) is 2.87. The first kappa shape index (κ1) is 14.1. The Hall–Kier alpha value is -0.840. The summed E-state index contributed by atoms with van der Waals surface area (Å²) in [5.74, 6) is 1.53. The van der Waals surface area contributed by atoms with E-state index in [-0.39, 0.29) is 0 Å². The van der Waals surface area contributed by atoms with Crippen LogP contribution in [-0.4, -0.2) is 13.2 Å². The summed E-state index contributed by atoms with van der Waals surface area (Å²) in [4.78, 5) is 1.41. The number of para-hydroxylation sites is 1. The fourth-order valence-electron chi connectivity index (χ4n) is 2.64. The van der Waals surface area contributed by atoms with Crippen molar-refractivity contribution in [2.24, 2.45) is 5.92 Å². The molecule has 1 N–H and O–H groups in total. The smallest absolute Gasteiger partial charge is 0.124 e. The number of hydrogen-bond donors (Lipinski definition) is 1. The van der Waals surface area contributed by atoms with E-state index in [1.165, 1.54) is 14.2 Å². The quantitative estimate of drug-likeness (QED) is 0.880. The van der Waals surface area contributed by atoms with Crippen LogP contribution in [0.3, 0.4) is 0 Å². The summed E-state index contributed by atoms with van der Waals surface area (Å²) in [7, 11) is 0. The van der Waals surface area contributed by atoms with E-state index in [0.29, 0.717) is 12.0 Å². The van der Waals surface area contributed by atoms with Gasteiger partial charge in [0.15, 0.2) is 0 Å². The Labute approximate surface area is 132 Å². The molecule has 2 aromatic rings. The minimum atomic E-state index is 0.392. The predicted octanol–water partition coefficient (Wildman–Crippen LogP) is 4.41. The van der Waals surface area contributed by atoms with E-state index >= 15 is 0 Å². The minimum Gasteiger partial charge on any atom is -0.493 e. The van der Waals surface area contributed by atoms with Gasteiger partial charge in [-0.25, -0.2) is 0 Å². The van der Waals surface area contributed by atoms with E-state index in [4.69, 9.17) is 4.74 Å². The lowest BCUT2D eigenvalue weighted by molar-refractivity contribution is 0.189. The van der Waals surface area contributed by atoms with Gasteiger partial charge in [-0.2, -0.15) is 0 Å². The van der Waals surface area contributed by atoms with Crippen LogP contribution in [0.2, 0.25) is 0 Å². The van der Waals surface area contributed by atoms with E-state index in [1.807, 2.05) is 17.4 Å². The van der Waals surface area contributed by atoms with Crippen molar-refractivity contribution < 1.29 is 4.74 Å². The highest BCUT2D eigenvalue weighted by Crippen LogP contribution is 2.34.